The molecule has 0 bridgehead atoms. The van der Waals surface area contributed by atoms with Crippen LogP contribution in [0.1, 0.15) is 17.0 Å². The van der Waals surface area contributed by atoms with Gasteiger partial charge in [0.2, 0.25) is 0 Å². The molecule has 4 rings (SSSR count). The third-order valence-electron chi connectivity index (χ3n) is 4.29. The molecule has 0 saturated carbocycles. The van der Waals surface area contributed by atoms with Crippen LogP contribution in [0.25, 0.3) is 11.3 Å². The van der Waals surface area contributed by atoms with E-state index in [-0.39, 0.29) is 17.8 Å². The van der Waals surface area contributed by atoms with Crippen LogP contribution in [0.5, 0.6) is 5.75 Å². The van der Waals surface area contributed by atoms with Crippen LogP contribution in [0, 0.1) is 0 Å². The standard InChI is InChI=1S/C21H18ClNO4/c22-16-6-2-1-5-15(16)18-9-10-20(27-18)21(24)23-17-7-3-4-8-19(17)26-14-11-12-25-13-14/h1-10,14H,11-13H2,(H,23,24)/t14-/m1/s1. The van der Waals surface area contributed by atoms with Crippen molar-refractivity contribution in [3.8, 4) is 17.1 Å². The van der Waals surface area contributed by atoms with Crippen LogP contribution in [0.3, 0.4) is 0 Å². The summed E-state index contributed by atoms with van der Waals surface area (Å²) >= 11 is 6.19. The topological polar surface area (TPSA) is 60.7 Å². The van der Waals surface area contributed by atoms with Crippen LogP contribution in [-0.4, -0.2) is 25.2 Å². The molecule has 2 heterocycles. The molecular weight excluding hydrogens is 366 g/mol. The fourth-order valence-electron chi connectivity index (χ4n) is 2.91. The van der Waals surface area contributed by atoms with E-state index in [9.17, 15) is 4.79 Å². The van der Waals surface area contributed by atoms with Gasteiger partial charge in [0.15, 0.2) is 5.76 Å². The Morgan fingerprint density at radius 1 is 1.07 bits per heavy atom. The highest BCUT2D eigenvalue weighted by Crippen LogP contribution is 2.30. The second-order valence-corrected chi connectivity index (χ2v) is 6.60. The summed E-state index contributed by atoms with van der Waals surface area (Å²) in [6, 6.07) is 18.0. The molecule has 1 fully saturated rings. The molecule has 1 aliphatic rings. The number of nitrogens with one attached hydrogen (secondary N) is 1. The minimum absolute atomic E-state index is 0.00140. The number of amides is 1. The molecule has 138 valence electrons. The Morgan fingerprint density at radius 2 is 1.89 bits per heavy atom. The van der Waals surface area contributed by atoms with E-state index in [1.165, 1.54) is 0 Å². The summed E-state index contributed by atoms with van der Waals surface area (Å²) in [5.41, 5.74) is 1.33. The maximum Gasteiger partial charge on any atom is 0.291 e. The molecule has 1 saturated heterocycles. The molecule has 0 radical (unpaired) electrons. The molecule has 0 spiro atoms. The first-order valence-corrected chi connectivity index (χ1v) is 9.08. The maximum absolute atomic E-state index is 12.6. The Balaban J connectivity index is 1.51. The molecule has 6 heteroatoms. The Labute approximate surface area is 161 Å². The average Bonchev–Trinajstić information content (AvgIpc) is 3.36. The van der Waals surface area contributed by atoms with Crippen molar-refractivity contribution in [1.82, 2.24) is 0 Å². The van der Waals surface area contributed by atoms with Gasteiger partial charge in [-0.2, -0.15) is 0 Å². The summed E-state index contributed by atoms with van der Waals surface area (Å²) < 4.78 is 17.0. The number of hydrogen-bond acceptors (Lipinski definition) is 4. The first-order chi connectivity index (χ1) is 13.2. The number of anilines is 1. The largest absolute Gasteiger partial charge is 0.486 e. The monoisotopic (exact) mass is 383 g/mol. The van der Waals surface area contributed by atoms with Crippen molar-refractivity contribution in [1.29, 1.82) is 0 Å². The summed E-state index contributed by atoms with van der Waals surface area (Å²) in [7, 11) is 0. The lowest BCUT2D eigenvalue weighted by atomic mass is 10.2. The zero-order valence-electron chi connectivity index (χ0n) is 14.5. The Bertz CT molecular complexity index is 947. The Kier molecular flexibility index (Phi) is 5.14. The highest BCUT2D eigenvalue weighted by atomic mass is 35.5. The van der Waals surface area contributed by atoms with Crippen LogP contribution < -0.4 is 10.1 Å². The van der Waals surface area contributed by atoms with Crippen LogP contribution >= 0.6 is 11.6 Å². The van der Waals surface area contributed by atoms with Crippen LogP contribution in [-0.2, 0) is 4.74 Å². The first-order valence-electron chi connectivity index (χ1n) is 8.70. The number of para-hydroxylation sites is 2. The quantitative estimate of drug-likeness (QED) is 0.672. The van der Waals surface area contributed by atoms with Gasteiger partial charge in [-0.05, 0) is 36.4 Å². The molecule has 27 heavy (non-hydrogen) atoms. The van der Waals surface area contributed by atoms with Gasteiger partial charge in [0.05, 0.1) is 23.9 Å². The fraction of sp³-hybridized carbons (Fsp3) is 0.190. The summed E-state index contributed by atoms with van der Waals surface area (Å²) in [5.74, 6) is 0.994. The lowest BCUT2D eigenvalue weighted by Crippen LogP contribution is -2.18. The molecule has 1 atom stereocenters. The number of rotatable bonds is 5. The summed E-state index contributed by atoms with van der Waals surface area (Å²) in [5, 5.41) is 3.41. The van der Waals surface area contributed by atoms with Gasteiger partial charge in [-0.1, -0.05) is 35.9 Å². The third-order valence-corrected chi connectivity index (χ3v) is 4.62. The molecule has 2 aromatic carbocycles. The molecule has 3 aromatic rings. The van der Waals surface area contributed by atoms with E-state index in [4.69, 9.17) is 25.5 Å². The maximum atomic E-state index is 12.6. The van der Waals surface area contributed by atoms with Gasteiger partial charge in [-0.15, -0.1) is 0 Å². The molecule has 1 aliphatic heterocycles. The van der Waals surface area contributed by atoms with Gasteiger partial charge in [0.25, 0.3) is 5.91 Å². The predicted molar refractivity (Wildman–Crippen MR) is 103 cm³/mol. The van der Waals surface area contributed by atoms with E-state index in [0.717, 1.165) is 12.0 Å². The lowest BCUT2D eigenvalue weighted by Gasteiger charge is -2.15. The van der Waals surface area contributed by atoms with E-state index in [1.807, 2.05) is 36.4 Å². The Hall–Kier alpha value is -2.76. The number of halogens is 1. The van der Waals surface area contributed by atoms with E-state index in [1.54, 1.807) is 24.3 Å². The van der Waals surface area contributed by atoms with Crippen molar-refractivity contribution in [2.75, 3.05) is 18.5 Å². The highest BCUT2D eigenvalue weighted by molar-refractivity contribution is 6.33. The van der Waals surface area contributed by atoms with Gasteiger partial charge >= 0.3 is 0 Å². The van der Waals surface area contributed by atoms with Crippen LogP contribution in [0.4, 0.5) is 5.69 Å². The predicted octanol–water partition coefficient (Wildman–Crippen LogP) is 5.02. The molecule has 0 unspecified atom stereocenters. The van der Waals surface area contributed by atoms with Crippen molar-refractivity contribution in [2.24, 2.45) is 0 Å². The zero-order chi connectivity index (χ0) is 18.6. The third kappa shape index (κ3) is 3.99. The molecule has 1 N–H and O–H groups in total. The number of ether oxygens (including phenoxy) is 2. The zero-order valence-corrected chi connectivity index (χ0v) is 15.2. The number of carbonyl (C=O) groups excluding carboxylic acids is 1. The molecular formula is C21H18ClNO4. The second kappa shape index (κ2) is 7.86. The minimum Gasteiger partial charge on any atom is -0.486 e. The minimum atomic E-state index is -0.355. The molecule has 1 aromatic heterocycles. The van der Waals surface area contributed by atoms with Gasteiger partial charge < -0.3 is 19.2 Å². The number of benzene rings is 2. The summed E-state index contributed by atoms with van der Waals surface area (Å²) in [6.45, 7) is 1.25. The normalized spacial score (nSPS) is 16.3. The van der Waals surface area contributed by atoms with Crippen molar-refractivity contribution < 1.29 is 18.7 Å². The fourth-order valence-corrected chi connectivity index (χ4v) is 3.14. The van der Waals surface area contributed by atoms with Gasteiger partial charge in [0, 0.05) is 12.0 Å². The SMILES string of the molecule is O=C(Nc1ccccc1O[C@@H]1CCOC1)c1ccc(-c2ccccc2Cl)o1. The van der Waals surface area contributed by atoms with E-state index >= 15 is 0 Å². The summed E-state index contributed by atoms with van der Waals surface area (Å²) in [6.07, 6.45) is 0.834. The summed E-state index contributed by atoms with van der Waals surface area (Å²) in [4.78, 5) is 12.6. The first kappa shape index (κ1) is 17.6. The number of hydrogen-bond donors (Lipinski definition) is 1. The van der Waals surface area contributed by atoms with E-state index in [0.29, 0.717) is 35.4 Å². The van der Waals surface area contributed by atoms with Crippen molar-refractivity contribution >= 4 is 23.2 Å². The molecule has 5 nitrogen and oxygen atoms in total. The second-order valence-electron chi connectivity index (χ2n) is 6.20. The smallest absolute Gasteiger partial charge is 0.291 e. The number of carbonyl (C=O) groups is 1. The van der Waals surface area contributed by atoms with Crippen LogP contribution in [0.15, 0.2) is 65.1 Å². The van der Waals surface area contributed by atoms with Crippen LogP contribution in [0.2, 0.25) is 5.02 Å². The van der Waals surface area contributed by atoms with E-state index in [2.05, 4.69) is 5.32 Å². The van der Waals surface area contributed by atoms with Gasteiger partial charge in [-0.25, -0.2) is 0 Å². The molecule has 1 amide bonds. The Morgan fingerprint density at radius 3 is 2.70 bits per heavy atom. The highest BCUT2D eigenvalue weighted by Gasteiger charge is 2.20. The van der Waals surface area contributed by atoms with Gasteiger partial charge in [0.1, 0.15) is 17.6 Å². The van der Waals surface area contributed by atoms with Crippen molar-refractivity contribution in [3.05, 3.63) is 71.4 Å². The van der Waals surface area contributed by atoms with Gasteiger partial charge in [-0.3, -0.25) is 4.79 Å². The van der Waals surface area contributed by atoms with Crippen molar-refractivity contribution in [2.45, 2.75) is 12.5 Å². The average molecular weight is 384 g/mol. The molecule has 0 aliphatic carbocycles. The van der Waals surface area contributed by atoms with Crippen molar-refractivity contribution in [3.63, 3.8) is 0 Å². The number of furan rings is 1. The lowest BCUT2D eigenvalue weighted by molar-refractivity contribution is 0.0996. The van der Waals surface area contributed by atoms with E-state index < -0.39 is 0 Å².